The maximum absolute atomic E-state index is 8.84. The first-order valence-corrected chi connectivity index (χ1v) is 6.43. The molecule has 0 saturated carbocycles. The molecular formula is C14H16O2S. The van der Waals surface area contributed by atoms with Crippen molar-refractivity contribution in [2.24, 2.45) is 0 Å². The van der Waals surface area contributed by atoms with Gasteiger partial charge in [0.15, 0.2) is 0 Å². The summed E-state index contributed by atoms with van der Waals surface area (Å²) in [7, 11) is 0. The van der Waals surface area contributed by atoms with Crippen molar-refractivity contribution in [3.05, 3.63) is 54.1 Å². The first-order chi connectivity index (χ1) is 8.11. The Morgan fingerprint density at radius 1 is 0.882 bits per heavy atom. The summed E-state index contributed by atoms with van der Waals surface area (Å²) >= 11 is 1.67. The Labute approximate surface area is 106 Å². The van der Waals surface area contributed by atoms with Crippen LogP contribution in [0.15, 0.2) is 53.4 Å². The highest BCUT2D eigenvalue weighted by Crippen LogP contribution is 2.17. The zero-order valence-electron chi connectivity index (χ0n) is 9.92. The second-order valence-electron chi connectivity index (χ2n) is 3.54. The summed E-state index contributed by atoms with van der Waals surface area (Å²) in [5.74, 6) is 0.665. The van der Waals surface area contributed by atoms with Gasteiger partial charge in [0.2, 0.25) is 0 Å². The fourth-order valence-corrected chi connectivity index (χ4v) is 1.62. The Morgan fingerprint density at radius 2 is 1.53 bits per heavy atom. The summed E-state index contributed by atoms with van der Waals surface area (Å²) < 4.78 is 0. The maximum atomic E-state index is 8.84. The van der Waals surface area contributed by atoms with Crippen molar-refractivity contribution in [1.29, 1.82) is 0 Å². The molecule has 17 heavy (non-hydrogen) atoms. The van der Waals surface area contributed by atoms with Gasteiger partial charge in [0, 0.05) is 4.90 Å². The van der Waals surface area contributed by atoms with Crippen molar-refractivity contribution in [3.8, 4) is 11.5 Å². The van der Waals surface area contributed by atoms with Crippen LogP contribution in [0.25, 0.3) is 0 Å². The highest BCUT2D eigenvalue weighted by atomic mass is 32.2. The normalized spacial score (nSPS) is 9.29. The number of aryl methyl sites for hydroxylation is 1. The smallest absolute Gasteiger partial charge is 0.115 e. The fraction of sp³-hybridized carbons (Fsp3) is 0.143. The van der Waals surface area contributed by atoms with Gasteiger partial charge in [0.1, 0.15) is 11.5 Å². The summed E-state index contributed by atoms with van der Waals surface area (Å²) in [5, 5.41) is 17.7. The molecule has 0 heterocycles. The van der Waals surface area contributed by atoms with E-state index < -0.39 is 0 Å². The number of aromatic hydroxyl groups is 2. The van der Waals surface area contributed by atoms with Crippen LogP contribution >= 0.6 is 11.8 Å². The Morgan fingerprint density at radius 3 is 1.94 bits per heavy atom. The molecule has 2 aromatic rings. The molecule has 0 aliphatic heterocycles. The summed E-state index contributed by atoms with van der Waals surface area (Å²) in [4.78, 5) is 1.17. The predicted molar refractivity (Wildman–Crippen MR) is 72.7 cm³/mol. The number of thioether (sulfide) groups is 1. The second-order valence-corrected chi connectivity index (χ2v) is 4.42. The first-order valence-electron chi connectivity index (χ1n) is 5.20. The molecule has 0 bridgehead atoms. The first kappa shape index (κ1) is 13.5. The van der Waals surface area contributed by atoms with E-state index in [0.29, 0.717) is 11.5 Å². The third-order valence-electron chi connectivity index (χ3n) is 2.07. The minimum absolute atomic E-state index is 0.327. The molecule has 2 nitrogen and oxygen atoms in total. The molecule has 0 atom stereocenters. The molecule has 0 saturated heterocycles. The van der Waals surface area contributed by atoms with E-state index >= 15 is 0 Å². The molecule has 0 unspecified atom stereocenters. The van der Waals surface area contributed by atoms with Gasteiger partial charge < -0.3 is 10.2 Å². The molecule has 2 rings (SSSR count). The van der Waals surface area contributed by atoms with Gasteiger partial charge in [-0.2, -0.15) is 0 Å². The minimum atomic E-state index is 0.327. The van der Waals surface area contributed by atoms with Crippen molar-refractivity contribution in [3.63, 3.8) is 0 Å². The second kappa shape index (κ2) is 6.86. The van der Waals surface area contributed by atoms with E-state index in [1.807, 2.05) is 37.4 Å². The quantitative estimate of drug-likeness (QED) is 0.754. The highest BCUT2D eigenvalue weighted by molar-refractivity contribution is 7.98. The molecule has 0 aliphatic carbocycles. The fourth-order valence-electron chi connectivity index (χ4n) is 1.21. The molecule has 0 aromatic heterocycles. The van der Waals surface area contributed by atoms with Crippen molar-refractivity contribution in [2.75, 3.05) is 6.26 Å². The van der Waals surface area contributed by atoms with E-state index in [1.54, 1.807) is 36.0 Å². The number of hydrogen-bond acceptors (Lipinski definition) is 3. The molecule has 0 aliphatic rings. The van der Waals surface area contributed by atoms with Gasteiger partial charge in [-0.25, -0.2) is 0 Å². The zero-order valence-corrected chi connectivity index (χ0v) is 10.7. The van der Waals surface area contributed by atoms with Crippen molar-refractivity contribution >= 4 is 11.8 Å². The van der Waals surface area contributed by atoms with Crippen LogP contribution in [-0.4, -0.2) is 16.5 Å². The van der Waals surface area contributed by atoms with Crippen LogP contribution in [0.4, 0.5) is 0 Å². The average molecular weight is 248 g/mol. The lowest BCUT2D eigenvalue weighted by Gasteiger charge is -1.93. The van der Waals surface area contributed by atoms with Crippen molar-refractivity contribution in [1.82, 2.24) is 0 Å². The van der Waals surface area contributed by atoms with Crippen molar-refractivity contribution < 1.29 is 10.2 Å². The van der Waals surface area contributed by atoms with E-state index in [1.165, 1.54) is 4.90 Å². The lowest BCUT2D eigenvalue weighted by Crippen LogP contribution is -1.66. The number of hydrogen-bond donors (Lipinski definition) is 2. The van der Waals surface area contributed by atoms with Crippen LogP contribution in [-0.2, 0) is 0 Å². The summed E-state index contributed by atoms with van der Waals surface area (Å²) in [5.41, 5.74) is 1.09. The van der Waals surface area contributed by atoms with E-state index in [0.717, 1.165) is 5.56 Å². The molecule has 3 heteroatoms. The van der Waals surface area contributed by atoms with Gasteiger partial charge >= 0.3 is 0 Å². The van der Waals surface area contributed by atoms with Gasteiger partial charge in [0.25, 0.3) is 0 Å². The lowest BCUT2D eigenvalue weighted by molar-refractivity contribution is 0.474. The number of phenols is 2. The van der Waals surface area contributed by atoms with E-state index in [2.05, 4.69) is 0 Å². The Balaban J connectivity index is 0.000000171. The number of rotatable bonds is 1. The molecule has 0 spiro atoms. The third kappa shape index (κ3) is 5.31. The molecule has 2 N–H and O–H groups in total. The molecule has 2 aromatic carbocycles. The zero-order chi connectivity index (χ0) is 12.7. The van der Waals surface area contributed by atoms with Crippen LogP contribution in [0.2, 0.25) is 0 Å². The van der Waals surface area contributed by atoms with E-state index in [4.69, 9.17) is 10.2 Å². The lowest BCUT2D eigenvalue weighted by atomic mass is 10.2. The van der Waals surface area contributed by atoms with Crippen LogP contribution in [0.3, 0.4) is 0 Å². The maximum Gasteiger partial charge on any atom is 0.115 e. The van der Waals surface area contributed by atoms with Gasteiger partial charge in [-0.3, -0.25) is 0 Å². The Hall–Kier alpha value is -1.61. The highest BCUT2D eigenvalue weighted by Gasteiger charge is 1.87. The Bertz CT molecular complexity index is 435. The molecule has 0 fully saturated rings. The molecule has 90 valence electrons. The van der Waals surface area contributed by atoms with Crippen molar-refractivity contribution in [2.45, 2.75) is 11.8 Å². The van der Waals surface area contributed by atoms with Gasteiger partial charge in [-0.05, 0) is 55.1 Å². The molecular weight excluding hydrogens is 232 g/mol. The number of benzene rings is 2. The van der Waals surface area contributed by atoms with Crippen LogP contribution in [0.5, 0.6) is 11.5 Å². The summed E-state index contributed by atoms with van der Waals surface area (Å²) in [6.07, 6.45) is 2.01. The van der Waals surface area contributed by atoms with Gasteiger partial charge in [-0.1, -0.05) is 12.1 Å². The van der Waals surface area contributed by atoms with Crippen LogP contribution in [0.1, 0.15) is 5.56 Å². The van der Waals surface area contributed by atoms with E-state index in [-0.39, 0.29) is 0 Å². The monoisotopic (exact) mass is 248 g/mol. The predicted octanol–water partition coefficient (Wildman–Crippen LogP) is 3.81. The van der Waals surface area contributed by atoms with Gasteiger partial charge in [-0.15, -0.1) is 11.8 Å². The largest absolute Gasteiger partial charge is 0.508 e. The summed E-state index contributed by atoms with van der Waals surface area (Å²) in [6.45, 7) is 1.94. The Kier molecular flexibility index (Phi) is 5.43. The SMILES string of the molecule is CSc1ccc(O)cc1.Cc1cccc(O)c1. The standard InChI is InChI=1S/C7H8OS.C7H8O/c1-9-7-4-2-6(8)3-5-7;1-6-3-2-4-7(8)5-6/h2-5,8H,1H3;2-5,8H,1H3. The minimum Gasteiger partial charge on any atom is -0.508 e. The van der Waals surface area contributed by atoms with E-state index in [9.17, 15) is 0 Å². The summed E-state index contributed by atoms with van der Waals surface area (Å²) in [6, 6.07) is 14.3. The van der Waals surface area contributed by atoms with Crippen LogP contribution in [0, 0.1) is 6.92 Å². The average Bonchev–Trinajstić information content (AvgIpc) is 2.30. The van der Waals surface area contributed by atoms with Gasteiger partial charge in [0.05, 0.1) is 0 Å². The molecule has 0 amide bonds. The topological polar surface area (TPSA) is 40.5 Å². The molecule has 0 radical (unpaired) electrons. The van der Waals surface area contributed by atoms with Crippen LogP contribution < -0.4 is 0 Å². The third-order valence-corrected chi connectivity index (χ3v) is 2.82. The number of phenolic OH excluding ortho intramolecular Hbond substituents is 2.